The molecular formula is C18H25NO4. The third-order valence-electron chi connectivity index (χ3n) is 4.83. The minimum atomic E-state index is -0.705. The highest BCUT2D eigenvalue weighted by molar-refractivity contribution is 5.66. The second-order valence-corrected chi connectivity index (χ2v) is 7.04. The SMILES string of the molecule is CC1(CCC(=O)O)CCCN(CC2COc3ccccc3O2)C1. The van der Waals surface area contributed by atoms with Gasteiger partial charge in [0.1, 0.15) is 12.7 Å². The van der Waals surface area contributed by atoms with Crippen LogP contribution in [0.25, 0.3) is 0 Å². The summed E-state index contributed by atoms with van der Waals surface area (Å²) in [5, 5.41) is 8.93. The normalized spacial score (nSPS) is 27.6. The van der Waals surface area contributed by atoms with Crippen LogP contribution in [0.1, 0.15) is 32.6 Å². The molecule has 2 unspecified atom stereocenters. The van der Waals surface area contributed by atoms with Gasteiger partial charge in [0.05, 0.1) is 0 Å². The lowest BCUT2D eigenvalue weighted by Crippen LogP contribution is -2.48. The van der Waals surface area contributed by atoms with Gasteiger partial charge in [0.15, 0.2) is 11.5 Å². The molecule has 5 nitrogen and oxygen atoms in total. The number of benzene rings is 1. The van der Waals surface area contributed by atoms with Gasteiger partial charge in [-0.05, 0) is 43.4 Å². The number of fused-ring (bicyclic) bond motifs is 1. The van der Waals surface area contributed by atoms with Gasteiger partial charge in [-0.25, -0.2) is 0 Å². The van der Waals surface area contributed by atoms with Crippen LogP contribution in [-0.2, 0) is 4.79 Å². The lowest BCUT2D eigenvalue weighted by molar-refractivity contribution is -0.137. The van der Waals surface area contributed by atoms with Crippen molar-refractivity contribution in [3.63, 3.8) is 0 Å². The van der Waals surface area contributed by atoms with E-state index >= 15 is 0 Å². The molecule has 1 aromatic carbocycles. The Morgan fingerprint density at radius 3 is 2.96 bits per heavy atom. The third-order valence-corrected chi connectivity index (χ3v) is 4.83. The highest BCUT2D eigenvalue weighted by atomic mass is 16.6. The Hall–Kier alpha value is -1.75. The van der Waals surface area contributed by atoms with Crippen LogP contribution in [-0.4, -0.2) is 48.3 Å². The standard InChI is InChI=1S/C18H25NO4/c1-18(9-7-17(20)21)8-4-10-19(13-18)11-14-12-22-15-5-2-3-6-16(15)23-14/h2-3,5-6,14H,4,7-13H2,1H3,(H,20,21). The van der Waals surface area contributed by atoms with Crippen LogP contribution in [0.5, 0.6) is 11.5 Å². The number of piperidine rings is 1. The molecule has 5 heteroatoms. The summed E-state index contributed by atoms with van der Waals surface area (Å²) in [7, 11) is 0. The average Bonchev–Trinajstić information content (AvgIpc) is 2.53. The molecule has 1 aromatic rings. The van der Waals surface area contributed by atoms with Crippen LogP contribution in [0.3, 0.4) is 0 Å². The number of likely N-dealkylation sites (tertiary alicyclic amines) is 1. The maximum atomic E-state index is 10.8. The Morgan fingerprint density at radius 2 is 2.17 bits per heavy atom. The van der Waals surface area contributed by atoms with Crippen LogP contribution in [0, 0.1) is 5.41 Å². The Kier molecular flexibility index (Phi) is 4.76. The quantitative estimate of drug-likeness (QED) is 0.904. The minimum absolute atomic E-state index is 0.0340. The zero-order valence-corrected chi connectivity index (χ0v) is 13.7. The Morgan fingerprint density at radius 1 is 1.39 bits per heavy atom. The molecule has 0 aromatic heterocycles. The van der Waals surface area contributed by atoms with E-state index < -0.39 is 5.97 Å². The number of aliphatic carboxylic acids is 1. The van der Waals surface area contributed by atoms with Crippen LogP contribution < -0.4 is 9.47 Å². The smallest absolute Gasteiger partial charge is 0.303 e. The van der Waals surface area contributed by atoms with Gasteiger partial charge in [-0.15, -0.1) is 0 Å². The van der Waals surface area contributed by atoms with Gasteiger partial charge in [0.25, 0.3) is 0 Å². The molecule has 0 radical (unpaired) electrons. The summed E-state index contributed by atoms with van der Waals surface area (Å²) in [5.74, 6) is 0.923. The molecule has 0 spiro atoms. The molecule has 0 amide bonds. The Labute approximate surface area is 137 Å². The van der Waals surface area contributed by atoms with Crippen molar-refractivity contribution in [2.24, 2.45) is 5.41 Å². The summed E-state index contributed by atoms with van der Waals surface area (Å²) in [4.78, 5) is 13.2. The molecule has 0 aliphatic carbocycles. The van der Waals surface area contributed by atoms with Crippen molar-refractivity contribution >= 4 is 5.97 Å². The van der Waals surface area contributed by atoms with Crippen LogP contribution in [0.2, 0.25) is 0 Å². The van der Waals surface area contributed by atoms with Crippen molar-refractivity contribution in [1.82, 2.24) is 4.90 Å². The summed E-state index contributed by atoms with van der Waals surface area (Å²) in [5.41, 5.74) is 0.0874. The zero-order chi connectivity index (χ0) is 16.3. The Bertz CT molecular complexity index is 562. The summed E-state index contributed by atoms with van der Waals surface area (Å²) in [6, 6.07) is 7.76. The lowest BCUT2D eigenvalue weighted by Gasteiger charge is -2.42. The molecule has 0 bridgehead atoms. The molecule has 126 valence electrons. The minimum Gasteiger partial charge on any atom is -0.486 e. The first-order valence-corrected chi connectivity index (χ1v) is 8.37. The predicted molar refractivity (Wildman–Crippen MR) is 87.0 cm³/mol. The molecule has 1 saturated heterocycles. The van der Waals surface area contributed by atoms with Crippen molar-refractivity contribution in [3.8, 4) is 11.5 Å². The number of hydrogen-bond acceptors (Lipinski definition) is 4. The van der Waals surface area contributed by atoms with E-state index in [2.05, 4.69) is 11.8 Å². The molecule has 2 atom stereocenters. The van der Waals surface area contributed by atoms with Crippen LogP contribution >= 0.6 is 0 Å². The molecule has 0 saturated carbocycles. The topological polar surface area (TPSA) is 59.0 Å². The highest BCUT2D eigenvalue weighted by Gasteiger charge is 2.33. The molecular weight excluding hydrogens is 294 g/mol. The first-order valence-electron chi connectivity index (χ1n) is 8.37. The Balaban J connectivity index is 1.55. The zero-order valence-electron chi connectivity index (χ0n) is 13.7. The van der Waals surface area contributed by atoms with Gasteiger partial charge < -0.3 is 14.6 Å². The molecule has 2 aliphatic rings. The van der Waals surface area contributed by atoms with E-state index in [1.54, 1.807) is 0 Å². The predicted octanol–water partition coefficient (Wildman–Crippen LogP) is 2.79. The van der Waals surface area contributed by atoms with E-state index in [-0.39, 0.29) is 17.9 Å². The molecule has 2 heterocycles. The number of carboxylic acid groups (broad SMARTS) is 1. The molecule has 2 aliphatic heterocycles. The highest BCUT2D eigenvalue weighted by Crippen LogP contribution is 2.35. The number of para-hydroxylation sites is 2. The number of nitrogens with zero attached hydrogens (tertiary/aromatic N) is 1. The molecule has 1 fully saturated rings. The monoisotopic (exact) mass is 319 g/mol. The van der Waals surface area contributed by atoms with Crippen molar-refractivity contribution in [3.05, 3.63) is 24.3 Å². The average molecular weight is 319 g/mol. The van der Waals surface area contributed by atoms with E-state index in [9.17, 15) is 4.79 Å². The molecule has 23 heavy (non-hydrogen) atoms. The summed E-state index contributed by atoms with van der Waals surface area (Å²) in [6.07, 6.45) is 3.23. The first-order chi connectivity index (χ1) is 11.0. The van der Waals surface area contributed by atoms with Crippen LogP contribution in [0.15, 0.2) is 24.3 Å². The maximum absolute atomic E-state index is 10.8. The fourth-order valence-electron chi connectivity index (χ4n) is 3.64. The lowest BCUT2D eigenvalue weighted by atomic mass is 9.78. The number of carbonyl (C=O) groups is 1. The molecule has 3 rings (SSSR count). The van der Waals surface area contributed by atoms with E-state index in [0.29, 0.717) is 6.61 Å². The molecule has 1 N–H and O–H groups in total. The van der Waals surface area contributed by atoms with E-state index in [0.717, 1.165) is 50.4 Å². The van der Waals surface area contributed by atoms with Crippen molar-refractivity contribution in [2.45, 2.75) is 38.7 Å². The summed E-state index contributed by atoms with van der Waals surface area (Å²) in [6.45, 7) is 5.58. The number of rotatable bonds is 5. The van der Waals surface area contributed by atoms with E-state index in [1.807, 2.05) is 24.3 Å². The fourth-order valence-corrected chi connectivity index (χ4v) is 3.64. The van der Waals surface area contributed by atoms with Gasteiger partial charge >= 0.3 is 5.97 Å². The first kappa shape index (κ1) is 16.1. The largest absolute Gasteiger partial charge is 0.486 e. The maximum Gasteiger partial charge on any atom is 0.303 e. The number of hydrogen-bond donors (Lipinski definition) is 1. The van der Waals surface area contributed by atoms with Crippen molar-refractivity contribution in [2.75, 3.05) is 26.2 Å². The second-order valence-electron chi connectivity index (χ2n) is 7.04. The van der Waals surface area contributed by atoms with E-state index in [1.165, 1.54) is 0 Å². The second kappa shape index (κ2) is 6.79. The van der Waals surface area contributed by atoms with Crippen molar-refractivity contribution < 1.29 is 19.4 Å². The van der Waals surface area contributed by atoms with Gasteiger partial charge in [-0.3, -0.25) is 9.69 Å². The van der Waals surface area contributed by atoms with Crippen molar-refractivity contribution in [1.29, 1.82) is 0 Å². The summed E-state index contributed by atoms with van der Waals surface area (Å²) >= 11 is 0. The van der Waals surface area contributed by atoms with Gasteiger partial charge in [-0.1, -0.05) is 19.1 Å². The van der Waals surface area contributed by atoms with Crippen LogP contribution in [0.4, 0.5) is 0 Å². The van der Waals surface area contributed by atoms with Gasteiger partial charge in [0.2, 0.25) is 0 Å². The van der Waals surface area contributed by atoms with E-state index in [4.69, 9.17) is 14.6 Å². The summed E-state index contributed by atoms with van der Waals surface area (Å²) < 4.78 is 11.8. The third kappa shape index (κ3) is 4.16. The van der Waals surface area contributed by atoms with Gasteiger partial charge in [0, 0.05) is 19.5 Å². The number of carboxylic acids is 1. The number of ether oxygens (including phenoxy) is 2. The van der Waals surface area contributed by atoms with Gasteiger partial charge in [-0.2, -0.15) is 0 Å². The fraction of sp³-hybridized carbons (Fsp3) is 0.611.